The normalized spacial score (nSPS) is 20.1. The van der Waals surface area contributed by atoms with Gasteiger partial charge in [0.1, 0.15) is 5.82 Å². The topological polar surface area (TPSA) is 69.7 Å². The molecule has 2 aliphatic rings. The molecule has 3 heterocycles. The Hall–Kier alpha value is -2.48. The third kappa shape index (κ3) is 5.56. The molecule has 160 valence electrons. The Morgan fingerprint density at radius 2 is 2.00 bits per heavy atom. The van der Waals surface area contributed by atoms with E-state index in [1.165, 1.54) is 5.56 Å². The van der Waals surface area contributed by atoms with Gasteiger partial charge in [-0.15, -0.1) is 0 Å². The summed E-state index contributed by atoms with van der Waals surface area (Å²) < 4.78 is 5.37. The van der Waals surface area contributed by atoms with Crippen LogP contribution in [-0.4, -0.2) is 74.8 Å². The Morgan fingerprint density at radius 1 is 1.17 bits per heavy atom. The highest BCUT2D eigenvalue weighted by Crippen LogP contribution is 2.21. The van der Waals surface area contributed by atoms with E-state index in [1.54, 1.807) is 12.3 Å². The van der Waals surface area contributed by atoms with E-state index in [0.29, 0.717) is 12.1 Å². The van der Waals surface area contributed by atoms with Gasteiger partial charge in [-0.3, -0.25) is 9.69 Å². The van der Waals surface area contributed by atoms with E-state index in [4.69, 9.17) is 4.74 Å². The van der Waals surface area contributed by atoms with Gasteiger partial charge in [-0.25, -0.2) is 4.98 Å². The van der Waals surface area contributed by atoms with Crippen LogP contribution < -0.4 is 15.5 Å². The van der Waals surface area contributed by atoms with Crippen LogP contribution in [0.3, 0.4) is 0 Å². The maximum absolute atomic E-state index is 12.6. The first-order valence-electron chi connectivity index (χ1n) is 10.9. The van der Waals surface area contributed by atoms with Crippen LogP contribution in [-0.2, 0) is 4.74 Å². The number of carbonyl (C=O) groups is 1. The quantitative estimate of drug-likeness (QED) is 0.679. The summed E-state index contributed by atoms with van der Waals surface area (Å²) in [6.45, 7) is 7.85. The van der Waals surface area contributed by atoms with Crippen LogP contribution in [0, 0.1) is 0 Å². The Labute approximate surface area is 178 Å². The SMILES string of the molecule is O=C(NCCCN1CCOCC1)c1ccnc(N2CCN[C@@H](c3ccccc3)C2)c1. The molecule has 7 nitrogen and oxygen atoms in total. The van der Waals surface area contributed by atoms with Gasteiger partial charge in [0.25, 0.3) is 5.91 Å². The number of hydrogen-bond donors (Lipinski definition) is 2. The Bertz CT molecular complexity index is 810. The van der Waals surface area contributed by atoms with E-state index in [9.17, 15) is 4.79 Å². The fraction of sp³-hybridized carbons (Fsp3) is 0.478. The lowest BCUT2D eigenvalue weighted by atomic mass is 10.0. The smallest absolute Gasteiger partial charge is 0.251 e. The number of benzene rings is 1. The molecular weight excluding hydrogens is 378 g/mol. The van der Waals surface area contributed by atoms with Gasteiger partial charge in [-0.05, 0) is 30.7 Å². The molecule has 1 aromatic heterocycles. The lowest BCUT2D eigenvalue weighted by Gasteiger charge is -2.34. The van der Waals surface area contributed by atoms with E-state index in [-0.39, 0.29) is 11.9 Å². The first-order valence-corrected chi connectivity index (χ1v) is 10.9. The Morgan fingerprint density at radius 3 is 2.83 bits per heavy atom. The summed E-state index contributed by atoms with van der Waals surface area (Å²) in [4.78, 5) is 21.8. The van der Waals surface area contributed by atoms with Crippen molar-refractivity contribution in [3.8, 4) is 0 Å². The lowest BCUT2D eigenvalue weighted by Crippen LogP contribution is -2.46. The number of nitrogens with zero attached hydrogens (tertiary/aromatic N) is 3. The van der Waals surface area contributed by atoms with Crippen molar-refractivity contribution in [2.45, 2.75) is 12.5 Å². The first-order chi connectivity index (χ1) is 14.8. The molecule has 2 aliphatic heterocycles. The van der Waals surface area contributed by atoms with Gasteiger partial charge >= 0.3 is 0 Å². The van der Waals surface area contributed by atoms with Gasteiger partial charge in [0, 0.05) is 57.1 Å². The van der Waals surface area contributed by atoms with Crippen molar-refractivity contribution in [1.29, 1.82) is 0 Å². The van der Waals surface area contributed by atoms with Gasteiger partial charge in [-0.2, -0.15) is 0 Å². The number of aromatic nitrogens is 1. The molecule has 1 aromatic carbocycles. The summed E-state index contributed by atoms with van der Waals surface area (Å²) in [7, 11) is 0. The number of pyridine rings is 1. The van der Waals surface area contributed by atoms with E-state index >= 15 is 0 Å². The second-order valence-corrected chi connectivity index (χ2v) is 7.83. The maximum Gasteiger partial charge on any atom is 0.251 e. The number of nitrogens with one attached hydrogen (secondary N) is 2. The minimum atomic E-state index is -0.0321. The summed E-state index contributed by atoms with van der Waals surface area (Å²) in [5.41, 5.74) is 1.94. The number of piperazine rings is 1. The molecule has 2 aromatic rings. The van der Waals surface area contributed by atoms with Crippen LogP contribution in [0.15, 0.2) is 48.7 Å². The molecule has 2 saturated heterocycles. The Kier molecular flexibility index (Phi) is 7.29. The highest BCUT2D eigenvalue weighted by atomic mass is 16.5. The molecular formula is C23H31N5O2. The molecule has 30 heavy (non-hydrogen) atoms. The average molecular weight is 410 g/mol. The monoisotopic (exact) mass is 409 g/mol. The standard InChI is InChI=1S/C23H31N5O2/c29-23(26-8-4-11-27-13-15-30-16-14-27)20-7-9-25-22(17-20)28-12-10-24-21(18-28)19-5-2-1-3-6-19/h1-3,5-7,9,17,21,24H,4,8,10-16,18H2,(H,26,29)/t21-/m1/s1. The van der Waals surface area contributed by atoms with Crippen molar-refractivity contribution >= 4 is 11.7 Å². The van der Waals surface area contributed by atoms with Crippen LogP contribution in [0.4, 0.5) is 5.82 Å². The molecule has 0 aliphatic carbocycles. The Balaban J connectivity index is 1.30. The molecule has 7 heteroatoms. The third-order valence-corrected chi connectivity index (χ3v) is 5.75. The van der Waals surface area contributed by atoms with Crippen LogP contribution >= 0.6 is 0 Å². The largest absolute Gasteiger partial charge is 0.379 e. The van der Waals surface area contributed by atoms with Crippen molar-refractivity contribution in [2.24, 2.45) is 0 Å². The van der Waals surface area contributed by atoms with Crippen LogP contribution in [0.1, 0.15) is 28.4 Å². The zero-order valence-corrected chi connectivity index (χ0v) is 17.4. The first kappa shape index (κ1) is 20.8. The van der Waals surface area contributed by atoms with Gasteiger partial charge in [0.05, 0.1) is 13.2 Å². The zero-order chi connectivity index (χ0) is 20.6. The molecule has 0 bridgehead atoms. The average Bonchev–Trinajstić information content (AvgIpc) is 2.83. The number of morpholine rings is 1. The van der Waals surface area contributed by atoms with Gasteiger partial charge in [-0.1, -0.05) is 30.3 Å². The number of rotatable bonds is 7. The van der Waals surface area contributed by atoms with Crippen LogP contribution in [0.5, 0.6) is 0 Å². The van der Waals surface area contributed by atoms with E-state index < -0.39 is 0 Å². The molecule has 0 radical (unpaired) electrons. The van der Waals surface area contributed by atoms with Gasteiger partial charge < -0.3 is 20.3 Å². The fourth-order valence-electron chi connectivity index (χ4n) is 4.03. The van der Waals surface area contributed by atoms with Crippen molar-refractivity contribution in [1.82, 2.24) is 20.5 Å². The molecule has 1 atom stereocenters. The van der Waals surface area contributed by atoms with Crippen molar-refractivity contribution in [3.05, 3.63) is 59.8 Å². The number of amides is 1. The number of hydrogen-bond acceptors (Lipinski definition) is 6. The fourth-order valence-corrected chi connectivity index (χ4v) is 4.03. The highest BCUT2D eigenvalue weighted by molar-refractivity contribution is 5.94. The second-order valence-electron chi connectivity index (χ2n) is 7.83. The number of anilines is 1. The molecule has 0 spiro atoms. The molecule has 2 fully saturated rings. The molecule has 2 N–H and O–H groups in total. The number of ether oxygens (including phenoxy) is 1. The molecule has 0 saturated carbocycles. The summed E-state index contributed by atoms with van der Waals surface area (Å²) in [5.74, 6) is 0.828. The van der Waals surface area contributed by atoms with E-state index in [2.05, 4.69) is 49.7 Å². The molecule has 0 unspecified atom stereocenters. The molecule has 4 rings (SSSR count). The van der Waals surface area contributed by atoms with Crippen molar-refractivity contribution < 1.29 is 9.53 Å². The van der Waals surface area contributed by atoms with Crippen molar-refractivity contribution in [2.75, 3.05) is 63.9 Å². The van der Waals surface area contributed by atoms with E-state index in [0.717, 1.165) is 64.7 Å². The highest BCUT2D eigenvalue weighted by Gasteiger charge is 2.22. The van der Waals surface area contributed by atoms with Gasteiger partial charge in [0.15, 0.2) is 0 Å². The minimum Gasteiger partial charge on any atom is -0.379 e. The van der Waals surface area contributed by atoms with Gasteiger partial charge in [0.2, 0.25) is 0 Å². The summed E-state index contributed by atoms with van der Waals surface area (Å²) >= 11 is 0. The maximum atomic E-state index is 12.6. The number of carbonyl (C=O) groups excluding carboxylic acids is 1. The van der Waals surface area contributed by atoms with E-state index in [1.807, 2.05) is 12.1 Å². The van der Waals surface area contributed by atoms with Crippen molar-refractivity contribution in [3.63, 3.8) is 0 Å². The minimum absolute atomic E-state index is 0.0321. The van der Waals surface area contributed by atoms with Crippen LogP contribution in [0.25, 0.3) is 0 Å². The predicted molar refractivity (Wildman–Crippen MR) is 118 cm³/mol. The second kappa shape index (κ2) is 10.5. The summed E-state index contributed by atoms with van der Waals surface area (Å²) in [6.07, 6.45) is 2.68. The lowest BCUT2D eigenvalue weighted by molar-refractivity contribution is 0.0374. The summed E-state index contributed by atoms with van der Waals surface area (Å²) in [6, 6.07) is 14.4. The predicted octanol–water partition coefficient (Wildman–Crippen LogP) is 1.68. The summed E-state index contributed by atoms with van der Waals surface area (Å²) in [5, 5.41) is 6.62. The third-order valence-electron chi connectivity index (χ3n) is 5.75. The molecule has 1 amide bonds. The zero-order valence-electron chi connectivity index (χ0n) is 17.4. The van der Waals surface area contributed by atoms with Crippen LogP contribution in [0.2, 0.25) is 0 Å².